The molecule has 1 N–H and O–H groups in total. The predicted octanol–water partition coefficient (Wildman–Crippen LogP) is 1.06. The largest absolute Gasteiger partial charge is 0.221 e. The molecule has 0 aromatic rings. The van der Waals surface area contributed by atoms with Gasteiger partial charge in [0.25, 0.3) is 0 Å². The van der Waals surface area contributed by atoms with E-state index in [2.05, 4.69) is 34.5 Å². The van der Waals surface area contributed by atoms with Crippen LogP contribution in [0.3, 0.4) is 0 Å². The second-order valence-electron chi connectivity index (χ2n) is 3.59. The van der Waals surface area contributed by atoms with Crippen LogP contribution in [0.15, 0.2) is 0 Å². The Labute approximate surface area is 75.7 Å². The lowest BCUT2D eigenvalue weighted by Crippen LogP contribution is -2.28. The first-order valence-electron chi connectivity index (χ1n) is 3.43. The lowest BCUT2D eigenvalue weighted by Gasteiger charge is -2.04. The van der Waals surface area contributed by atoms with Crippen molar-refractivity contribution in [2.45, 2.75) is 26.3 Å². The summed E-state index contributed by atoms with van der Waals surface area (Å²) in [6, 6.07) is 0.144. The minimum atomic E-state index is -3.06. The van der Waals surface area contributed by atoms with Crippen molar-refractivity contribution >= 4 is 26.0 Å². The molecule has 1 rings (SSSR count). The molecule has 0 amide bonds. The zero-order valence-electron chi connectivity index (χ0n) is 6.59. The number of alkyl halides is 1. The van der Waals surface area contributed by atoms with Gasteiger partial charge >= 0.3 is 0 Å². The van der Waals surface area contributed by atoms with Crippen LogP contribution < -0.4 is 4.72 Å². The minimum Gasteiger partial charge on any atom is -0.212 e. The summed E-state index contributed by atoms with van der Waals surface area (Å²) >= 11 is 2.91. The molecule has 1 saturated carbocycles. The number of halogens is 1. The van der Waals surface area contributed by atoms with Crippen LogP contribution >= 0.6 is 15.9 Å². The highest BCUT2D eigenvalue weighted by Gasteiger charge is 2.47. The Balaban J connectivity index is 2.47. The highest BCUT2D eigenvalue weighted by Crippen LogP contribution is 2.44. The molecule has 0 aromatic heterocycles. The molecule has 0 saturated heterocycles. The van der Waals surface area contributed by atoms with Crippen molar-refractivity contribution in [2.75, 3.05) is 4.66 Å². The molecule has 5 heteroatoms. The van der Waals surface area contributed by atoms with Gasteiger partial charge in [0.1, 0.15) is 4.66 Å². The normalized spacial score (nSPS) is 28.5. The molecular formula is C6H12BrNO2S. The fourth-order valence-corrected chi connectivity index (χ4v) is 2.21. The molecule has 0 bridgehead atoms. The highest BCUT2D eigenvalue weighted by atomic mass is 79.9. The first-order chi connectivity index (χ1) is 4.87. The standard InChI is InChI=1S/C6H12BrNO2S/c1-6(2)3-5(6)8-11(9,10)4-7/h5,8H,3-4H2,1-2H3. The van der Waals surface area contributed by atoms with Crippen molar-refractivity contribution in [1.82, 2.24) is 4.72 Å². The summed E-state index contributed by atoms with van der Waals surface area (Å²) in [5.74, 6) is 0. The van der Waals surface area contributed by atoms with E-state index in [1.54, 1.807) is 0 Å². The second kappa shape index (κ2) is 2.71. The molecule has 1 aliphatic rings. The molecule has 66 valence electrons. The van der Waals surface area contributed by atoms with Gasteiger partial charge in [0.15, 0.2) is 0 Å². The van der Waals surface area contributed by atoms with Crippen LogP contribution in [0.5, 0.6) is 0 Å². The molecule has 3 nitrogen and oxygen atoms in total. The van der Waals surface area contributed by atoms with E-state index in [9.17, 15) is 8.42 Å². The van der Waals surface area contributed by atoms with Gasteiger partial charge in [-0.15, -0.1) is 0 Å². The van der Waals surface area contributed by atoms with Crippen LogP contribution in [0.2, 0.25) is 0 Å². The Morgan fingerprint density at radius 2 is 2.09 bits per heavy atom. The van der Waals surface area contributed by atoms with Crippen LogP contribution in [0.1, 0.15) is 20.3 Å². The number of hydrogen-bond acceptors (Lipinski definition) is 2. The summed E-state index contributed by atoms with van der Waals surface area (Å²) in [5.41, 5.74) is 0.162. The van der Waals surface area contributed by atoms with Gasteiger partial charge in [0, 0.05) is 6.04 Å². The lowest BCUT2D eigenvalue weighted by molar-refractivity contribution is 0.559. The van der Waals surface area contributed by atoms with Gasteiger partial charge in [0.05, 0.1) is 0 Å². The number of hydrogen-bond donors (Lipinski definition) is 1. The molecule has 0 radical (unpaired) electrons. The van der Waals surface area contributed by atoms with Gasteiger partial charge in [0.2, 0.25) is 10.0 Å². The van der Waals surface area contributed by atoms with Gasteiger partial charge < -0.3 is 0 Å². The summed E-state index contributed by atoms with van der Waals surface area (Å²) < 4.78 is 24.5. The molecule has 0 heterocycles. The van der Waals surface area contributed by atoms with Gasteiger partial charge in [-0.25, -0.2) is 13.1 Å². The molecule has 1 fully saturated rings. The monoisotopic (exact) mass is 241 g/mol. The van der Waals surface area contributed by atoms with Crippen LogP contribution in [0.25, 0.3) is 0 Å². The maximum atomic E-state index is 11.0. The average Bonchev–Trinajstić information content (AvgIpc) is 2.39. The molecule has 1 unspecified atom stereocenters. The van der Waals surface area contributed by atoms with E-state index in [-0.39, 0.29) is 16.1 Å². The number of nitrogens with one attached hydrogen (secondary N) is 1. The molecule has 11 heavy (non-hydrogen) atoms. The third-order valence-electron chi connectivity index (χ3n) is 1.98. The van der Waals surface area contributed by atoms with Crippen molar-refractivity contribution in [3.8, 4) is 0 Å². The van der Waals surface area contributed by atoms with E-state index in [1.807, 2.05) is 0 Å². The van der Waals surface area contributed by atoms with E-state index >= 15 is 0 Å². The predicted molar refractivity (Wildman–Crippen MR) is 48.0 cm³/mol. The second-order valence-corrected chi connectivity index (χ2v) is 6.64. The maximum Gasteiger partial charge on any atom is 0.221 e. The Bertz CT molecular complexity index is 247. The fourth-order valence-electron chi connectivity index (χ4n) is 0.917. The van der Waals surface area contributed by atoms with E-state index < -0.39 is 10.0 Å². The first kappa shape index (κ1) is 9.48. The number of rotatable bonds is 3. The molecule has 1 atom stereocenters. The Morgan fingerprint density at radius 1 is 1.64 bits per heavy atom. The zero-order valence-corrected chi connectivity index (χ0v) is 9.00. The smallest absolute Gasteiger partial charge is 0.212 e. The summed E-state index contributed by atoms with van der Waals surface area (Å²) in [4.78, 5) is 0. The minimum absolute atomic E-state index is 0.00736. The molecule has 0 aliphatic heterocycles. The molecular weight excluding hydrogens is 230 g/mol. The summed E-state index contributed by atoms with van der Waals surface area (Å²) in [6.07, 6.45) is 0.944. The van der Waals surface area contributed by atoms with Gasteiger partial charge in [-0.1, -0.05) is 29.8 Å². The van der Waals surface area contributed by atoms with Crippen LogP contribution in [0.4, 0.5) is 0 Å². The Hall–Kier alpha value is 0.390. The quantitative estimate of drug-likeness (QED) is 0.752. The van der Waals surface area contributed by atoms with Crippen LogP contribution in [0, 0.1) is 5.41 Å². The summed E-state index contributed by atoms with van der Waals surface area (Å²) in [7, 11) is -3.06. The summed E-state index contributed by atoms with van der Waals surface area (Å²) in [5, 5.41) is 0. The van der Waals surface area contributed by atoms with E-state index in [0.29, 0.717) is 0 Å². The highest BCUT2D eigenvalue weighted by molar-refractivity contribution is 9.10. The van der Waals surface area contributed by atoms with Crippen LogP contribution in [-0.4, -0.2) is 19.1 Å². The first-order valence-corrected chi connectivity index (χ1v) is 6.21. The maximum absolute atomic E-state index is 11.0. The van der Waals surface area contributed by atoms with Crippen molar-refractivity contribution in [3.63, 3.8) is 0 Å². The van der Waals surface area contributed by atoms with Gasteiger partial charge in [-0.05, 0) is 11.8 Å². The van der Waals surface area contributed by atoms with Crippen molar-refractivity contribution in [1.29, 1.82) is 0 Å². The van der Waals surface area contributed by atoms with Crippen LogP contribution in [-0.2, 0) is 10.0 Å². The molecule has 0 aromatic carbocycles. The molecule has 1 aliphatic carbocycles. The third kappa shape index (κ3) is 2.42. The van der Waals surface area contributed by atoms with E-state index in [1.165, 1.54) is 0 Å². The van der Waals surface area contributed by atoms with E-state index in [4.69, 9.17) is 0 Å². The van der Waals surface area contributed by atoms with E-state index in [0.717, 1.165) is 6.42 Å². The lowest BCUT2D eigenvalue weighted by atomic mass is 10.2. The number of sulfonamides is 1. The summed E-state index contributed by atoms with van der Waals surface area (Å²) in [6.45, 7) is 4.10. The third-order valence-corrected chi connectivity index (χ3v) is 4.72. The zero-order chi connectivity index (χ0) is 8.70. The Morgan fingerprint density at radius 3 is 2.36 bits per heavy atom. The molecule has 0 spiro atoms. The van der Waals surface area contributed by atoms with Crippen molar-refractivity contribution in [3.05, 3.63) is 0 Å². The van der Waals surface area contributed by atoms with Gasteiger partial charge in [-0.2, -0.15) is 0 Å². The van der Waals surface area contributed by atoms with Crippen molar-refractivity contribution in [2.24, 2.45) is 5.41 Å². The average molecular weight is 242 g/mol. The van der Waals surface area contributed by atoms with Gasteiger partial charge in [-0.3, -0.25) is 0 Å². The Kier molecular flexibility index (Phi) is 2.33. The van der Waals surface area contributed by atoms with Crippen molar-refractivity contribution < 1.29 is 8.42 Å². The SMILES string of the molecule is CC1(C)CC1NS(=O)(=O)CBr. The topological polar surface area (TPSA) is 46.2 Å². The fraction of sp³-hybridized carbons (Fsp3) is 1.00.